The molecule has 0 aliphatic heterocycles. The van der Waals surface area contributed by atoms with Crippen molar-refractivity contribution in [1.29, 1.82) is 0 Å². The van der Waals surface area contributed by atoms with Gasteiger partial charge in [0.15, 0.2) is 0 Å². The van der Waals surface area contributed by atoms with Gasteiger partial charge in [0.1, 0.15) is 0 Å². The van der Waals surface area contributed by atoms with E-state index in [2.05, 4.69) is 0 Å². The molecule has 1 rings (SSSR count). The lowest BCUT2D eigenvalue weighted by Crippen LogP contribution is -2.19. The van der Waals surface area contributed by atoms with Crippen molar-refractivity contribution in [2.75, 3.05) is 0 Å². The van der Waals surface area contributed by atoms with Crippen molar-refractivity contribution in [3.8, 4) is 0 Å². The van der Waals surface area contributed by atoms with E-state index in [1.54, 1.807) is 20.8 Å². The molecule has 19 heavy (non-hydrogen) atoms. The quantitative estimate of drug-likeness (QED) is 0.663. The maximum atomic E-state index is 11.2. The van der Waals surface area contributed by atoms with Crippen LogP contribution >= 0.6 is 0 Å². The summed E-state index contributed by atoms with van der Waals surface area (Å²) in [6.07, 6.45) is 0. The molecular weight excluding hydrogens is 256 g/mol. The minimum atomic E-state index is -1.43. The van der Waals surface area contributed by atoms with Crippen LogP contribution in [0.5, 0.6) is 0 Å². The first-order chi connectivity index (χ1) is 8.55. The lowest BCUT2D eigenvalue weighted by molar-refractivity contribution is -0.394. The molecule has 1 aromatic rings. The molecule has 0 heterocycles. The molecule has 8 heteroatoms. The highest BCUT2D eigenvalue weighted by Gasteiger charge is 2.33. The fourth-order valence-electron chi connectivity index (χ4n) is 1.82. The van der Waals surface area contributed by atoms with Gasteiger partial charge in [0, 0.05) is 6.07 Å². The van der Waals surface area contributed by atoms with E-state index < -0.39 is 38.2 Å². The topological polar surface area (TPSA) is 124 Å². The average Bonchev–Trinajstić information content (AvgIpc) is 2.25. The van der Waals surface area contributed by atoms with Crippen molar-refractivity contribution in [2.24, 2.45) is 0 Å². The summed E-state index contributed by atoms with van der Waals surface area (Å²) in [5.74, 6) is -1.43. The Morgan fingerprint density at radius 3 is 2.00 bits per heavy atom. The number of carbonyl (C=O) groups is 1. The van der Waals surface area contributed by atoms with Crippen molar-refractivity contribution in [2.45, 2.75) is 26.2 Å². The van der Waals surface area contributed by atoms with Crippen LogP contribution in [-0.4, -0.2) is 20.9 Å². The van der Waals surface area contributed by atoms with E-state index in [4.69, 9.17) is 5.11 Å². The Hall–Kier alpha value is -2.51. The predicted octanol–water partition coefficient (Wildman–Crippen LogP) is 2.50. The number of aromatic carboxylic acids is 1. The number of hydrogen-bond acceptors (Lipinski definition) is 5. The molecule has 0 amide bonds. The van der Waals surface area contributed by atoms with E-state index in [-0.39, 0.29) is 5.56 Å². The van der Waals surface area contributed by atoms with Crippen molar-refractivity contribution < 1.29 is 19.7 Å². The van der Waals surface area contributed by atoms with E-state index >= 15 is 0 Å². The summed E-state index contributed by atoms with van der Waals surface area (Å²) < 4.78 is 0. The molecular formula is C11H12N2O6. The molecule has 0 aliphatic rings. The Bertz CT molecular complexity index is 538. The number of benzene rings is 1. The van der Waals surface area contributed by atoms with E-state index in [0.717, 1.165) is 12.1 Å². The average molecular weight is 268 g/mol. The minimum Gasteiger partial charge on any atom is -0.478 e. The van der Waals surface area contributed by atoms with Crippen LogP contribution in [0, 0.1) is 20.2 Å². The number of hydrogen-bond donors (Lipinski definition) is 1. The van der Waals surface area contributed by atoms with Gasteiger partial charge in [0.25, 0.3) is 11.4 Å². The maximum Gasteiger partial charge on any atom is 0.336 e. The fourth-order valence-corrected chi connectivity index (χ4v) is 1.82. The van der Waals surface area contributed by atoms with Crippen LogP contribution in [-0.2, 0) is 5.41 Å². The van der Waals surface area contributed by atoms with Gasteiger partial charge in [-0.2, -0.15) is 0 Å². The van der Waals surface area contributed by atoms with Crippen LogP contribution < -0.4 is 0 Å². The largest absolute Gasteiger partial charge is 0.478 e. The monoisotopic (exact) mass is 268 g/mol. The van der Waals surface area contributed by atoms with Crippen LogP contribution in [0.1, 0.15) is 36.7 Å². The Balaban J connectivity index is 3.81. The second-order valence-corrected chi connectivity index (χ2v) is 4.96. The third-order valence-corrected chi connectivity index (χ3v) is 2.49. The number of nitro groups is 2. The smallest absolute Gasteiger partial charge is 0.336 e. The molecule has 0 radical (unpaired) electrons. The van der Waals surface area contributed by atoms with Gasteiger partial charge in [-0.1, -0.05) is 20.8 Å². The minimum absolute atomic E-state index is 0.0319. The Morgan fingerprint density at radius 2 is 1.68 bits per heavy atom. The Morgan fingerprint density at radius 1 is 1.16 bits per heavy atom. The van der Waals surface area contributed by atoms with E-state index in [1.807, 2.05) is 0 Å². The number of nitrogens with zero attached hydrogens (tertiary/aromatic N) is 2. The summed E-state index contributed by atoms with van der Waals surface area (Å²) in [5, 5.41) is 30.8. The molecule has 0 aromatic heterocycles. The van der Waals surface area contributed by atoms with E-state index in [0.29, 0.717) is 0 Å². The summed E-state index contributed by atoms with van der Waals surface area (Å²) in [4.78, 5) is 31.2. The van der Waals surface area contributed by atoms with Gasteiger partial charge in [-0.25, -0.2) is 4.79 Å². The van der Waals surface area contributed by atoms with Gasteiger partial charge >= 0.3 is 5.97 Å². The SMILES string of the molecule is CC(C)(C)c1c(C(=O)O)cc([N+](=O)[O-])cc1[N+](=O)[O-]. The normalized spacial score (nSPS) is 11.1. The molecule has 0 fully saturated rings. The molecule has 102 valence electrons. The van der Waals surface area contributed by atoms with Crippen molar-refractivity contribution in [1.82, 2.24) is 0 Å². The first-order valence-electron chi connectivity index (χ1n) is 5.26. The van der Waals surface area contributed by atoms with Crippen molar-refractivity contribution in [3.63, 3.8) is 0 Å². The number of rotatable bonds is 3. The van der Waals surface area contributed by atoms with Crippen molar-refractivity contribution >= 4 is 17.3 Å². The van der Waals surface area contributed by atoms with Crippen LogP contribution in [0.25, 0.3) is 0 Å². The van der Waals surface area contributed by atoms with E-state index in [9.17, 15) is 25.0 Å². The summed E-state index contributed by atoms with van der Waals surface area (Å²) in [7, 11) is 0. The molecule has 0 spiro atoms. The zero-order valence-corrected chi connectivity index (χ0v) is 10.5. The summed E-state index contributed by atoms with van der Waals surface area (Å²) in [6, 6.07) is 1.63. The molecule has 1 N–H and O–H groups in total. The third kappa shape index (κ3) is 2.84. The van der Waals surface area contributed by atoms with E-state index in [1.165, 1.54) is 0 Å². The molecule has 0 saturated carbocycles. The Kier molecular flexibility index (Phi) is 3.55. The molecule has 1 aromatic carbocycles. The van der Waals surface area contributed by atoms with Crippen LogP contribution in [0.4, 0.5) is 11.4 Å². The molecule has 0 bridgehead atoms. The summed E-state index contributed by atoms with van der Waals surface area (Å²) >= 11 is 0. The zero-order chi connectivity index (χ0) is 15.0. The van der Waals surface area contributed by atoms with Gasteiger partial charge < -0.3 is 5.11 Å². The highest BCUT2D eigenvalue weighted by molar-refractivity contribution is 5.92. The van der Waals surface area contributed by atoms with Crippen LogP contribution in [0.2, 0.25) is 0 Å². The fraction of sp³-hybridized carbons (Fsp3) is 0.364. The summed E-state index contributed by atoms with van der Waals surface area (Å²) in [6.45, 7) is 4.81. The second kappa shape index (κ2) is 4.63. The summed E-state index contributed by atoms with van der Waals surface area (Å²) in [5.41, 5.74) is -2.45. The third-order valence-electron chi connectivity index (χ3n) is 2.49. The number of non-ortho nitro benzene ring substituents is 1. The van der Waals surface area contributed by atoms with Crippen molar-refractivity contribution in [3.05, 3.63) is 43.5 Å². The first-order valence-corrected chi connectivity index (χ1v) is 5.26. The van der Waals surface area contributed by atoms with Crippen LogP contribution in [0.15, 0.2) is 12.1 Å². The standard InChI is InChI=1S/C11H12N2O6/c1-11(2,3)9-7(10(14)15)4-6(12(16)17)5-8(9)13(18)19/h4-5H,1-3H3,(H,14,15). The molecule has 8 nitrogen and oxygen atoms in total. The highest BCUT2D eigenvalue weighted by atomic mass is 16.6. The lowest BCUT2D eigenvalue weighted by atomic mass is 9.82. The maximum absolute atomic E-state index is 11.2. The van der Waals surface area contributed by atoms with Gasteiger partial charge in [-0.3, -0.25) is 20.2 Å². The van der Waals surface area contributed by atoms with Gasteiger partial charge in [0.05, 0.1) is 27.0 Å². The number of carboxylic acid groups (broad SMARTS) is 1. The molecule has 0 atom stereocenters. The zero-order valence-electron chi connectivity index (χ0n) is 10.5. The molecule has 0 unspecified atom stereocenters. The van der Waals surface area contributed by atoms with Crippen LogP contribution in [0.3, 0.4) is 0 Å². The first kappa shape index (κ1) is 14.6. The molecule has 0 aliphatic carbocycles. The second-order valence-electron chi connectivity index (χ2n) is 4.96. The predicted molar refractivity (Wildman–Crippen MR) is 65.4 cm³/mol. The Labute approximate surface area is 108 Å². The highest BCUT2D eigenvalue weighted by Crippen LogP contribution is 2.37. The number of nitro benzene ring substituents is 2. The van der Waals surface area contributed by atoms with Gasteiger partial charge in [0.2, 0.25) is 0 Å². The number of carboxylic acids is 1. The van der Waals surface area contributed by atoms with Gasteiger partial charge in [-0.15, -0.1) is 0 Å². The van der Waals surface area contributed by atoms with Gasteiger partial charge in [-0.05, 0) is 5.41 Å². The molecule has 0 saturated heterocycles. The lowest BCUT2D eigenvalue weighted by Gasteiger charge is -2.20.